The monoisotopic (exact) mass is 252 g/mol. The largest absolute Gasteiger partial charge is 0.391 e. The van der Waals surface area contributed by atoms with Gasteiger partial charge in [-0.25, -0.2) is 0 Å². The highest BCUT2D eigenvalue weighted by Gasteiger charge is 2.43. The topological polar surface area (TPSA) is 18.5 Å². The lowest BCUT2D eigenvalue weighted by Gasteiger charge is -2.37. The van der Waals surface area contributed by atoms with Crippen molar-refractivity contribution < 1.29 is 22.6 Å². The van der Waals surface area contributed by atoms with Gasteiger partial charge in [0.05, 0.1) is 19.1 Å². The van der Waals surface area contributed by atoms with Crippen molar-refractivity contribution in [3.05, 3.63) is 0 Å². The Labute approximate surface area is 99.5 Å². The summed E-state index contributed by atoms with van der Waals surface area (Å²) in [5, 5.41) is 0. The van der Waals surface area contributed by atoms with Crippen molar-refractivity contribution in [1.29, 1.82) is 0 Å². The van der Waals surface area contributed by atoms with Gasteiger partial charge in [0.2, 0.25) is 0 Å². The van der Waals surface area contributed by atoms with Crippen LogP contribution in [0.5, 0.6) is 0 Å². The molecule has 0 aromatic rings. The summed E-state index contributed by atoms with van der Waals surface area (Å²) in [4.78, 5) is 0. The molecule has 5 heteroatoms. The third-order valence-electron chi connectivity index (χ3n) is 3.71. The zero-order chi connectivity index (χ0) is 12.5. The van der Waals surface area contributed by atoms with E-state index in [1.54, 1.807) is 0 Å². The maximum atomic E-state index is 12.5. The molecule has 17 heavy (non-hydrogen) atoms. The molecule has 0 spiro atoms. The molecule has 0 N–H and O–H groups in total. The fourth-order valence-electron chi connectivity index (χ4n) is 2.61. The van der Waals surface area contributed by atoms with Crippen LogP contribution in [0.2, 0.25) is 0 Å². The zero-order valence-corrected chi connectivity index (χ0v) is 10.0. The second kappa shape index (κ2) is 5.14. The highest BCUT2D eigenvalue weighted by Crippen LogP contribution is 2.41. The van der Waals surface area contributed by atoms with Gasteiger partial charge in [0.25, 0.3) is 0 Å². The molecule has 2 rings (SSSR count). The summed E-state index contributed by atoms with van der Waals surface area (Å²) in [6.07, 6.45) is -2.76. The van der Waals surface area contributed by atoms with Crippen molar-refractivity contribution in [2.24, 2.45) is 17.8 Å². The lowest BCUT2D eigenvalue weighted by Crippen LogP contribution is -2.39. The number of ether oxygens (including phenoxy) is 2. The third kappa shape index (κ3) is 3.35. The van der Waals surface area contributed by atoms with Gasteiger partial charge in [0, 0.05) is 11.8 Å². The van der Waals surface area contributed by atoms with E-state index in [1.165, 1.54) is 0 Å². The van der Waals surface area contributed by atoms with E-state index in [-0.39, 0.29) is 25.0 Å². The molecule has 1 aliphatic heterocycles. The van der Waals surface area contributed by atoms with Gasteiger partial charge in [-0.05, 0) is 25.7 Å². The highest BCUT2D eigenvalue weighted by atomic mass is 19.4. The van der Waals surface area contributed by atoms with Crippen LogP contribution in [0.1, 0.15) is 32.6 Å². The fraction of sp³-hybridized carbons (Fsp3) is 1.00. The first-order chi connectivity index (χ1) is 7.97. The molecule has 100 valence electrons. The van der Waals surface area contributed by atoms with Crippen LogP contribution in [0.15, 0.2) is 0 Å². The first kappa shape index (κ1) is 13.1. The fourth-order valence-corrected chi connectivity index (χ4v) is 2.61. The van der Waals surface area contributed by atoms with Crippen LogP contribution in [0.3, 0.4) is 0 Å². The highest BCUT2D eigenvalue weighted by molar-refractivity contribution is 4.79. The molecular weight excluding hydrogens is 233 g/mol. The minimum atomic E-state index is -4.03. The molecule has 2 aliphatic rings. The maximum absolute atomic E-state index is 12.5. The second-order valence-electron chi connectivity index (χ2n) is 5.29. The Kier molecular flexibility index (Phi) is 3.98. The molecule has 1 saturated heterocycles. The predicted octanol–water partition coefficient (Wildman–Crippen LogP) is 3.36. The van der Waals surface area contributed by atoms with E-state index >= 15 is 0 Å². The average Bonchev–Trinajstić information content (AvgIpc) is 2.29. The van der Waals surface area contributed by atoms with Crippen LogP contribution in [0.25, 0.3) is 0 Å². The van der Waals surface area contributed by atoms with E-state index in [9.17, 15) is 13.2 Å². The first-order valence-corrected chi connectivity index (χ1v) is 6.26. The summed E-state index contributed by atoms with van der Waals surface area (Å²) in [5.74, 6) is -0.597. The Bertz CT molecular complexity index is 239. The van der Waals surface area contributed by atoms with Crippen molar-refractivity contribution in [3.8, 4) is 0 Å². The summed E-state index contributed by atoms with van der Waals surface area (Å²) >= 11 is 0. The summed E-state index contributed by atoms with van der Waals surface area (Å²) in [6, 6.07) is 0. The minimum absolute atomic E-state index is 0.140. The van der Waals surface area contributed by atoms with Crippen molar-refractivity contribution in [2.75, 3.05) is 13.2 Å². The zero-order valence-electron chi connectivity index (χ0n) is 10.0. The van der Waals surface area contributed by atoms with E-state index < -0.39 is 12.1 Å². The Balaban J connectivity index is 1.79. The quantitative estimate of drug-likeness (QED) is 0.712. The molecule has 0 aromatic heterocycles. The molecule has 0 aromatic carbocycles. The van der Waals surface area contributed by atoms with Crippen LogP contribution < -0.4 is 0 Å². The Morgan fingerprint density at radius 2 is 1.47 bits per heavy atom. The Hall–Kier alpha value is -0.290. The summed E-state index contributed by atoms with van der Waals surface area (Å²) in [5.41, 5.74) is 0. The molecule has 0 bridgehead atoms. The second-order valence-corrected chi connectivity index (χ2v) is 5.29. The summed E-state index contributed by atoms with van der Waals surface area (Å²) < 4.78 is 48.6. The SMILES string of the molecule is CC1COC(C2CCC(C(F)(F)F)CC2)OC1. The Morgan fingerprint density at radius 3 is 1.94 bits per heavy atom. The number of halogens is 3. The number of rotatable bonds is 1. The van der Waals surface area contributed by atoms with Crippen LogP contribution in [-0.2, 0) is 9.47 Å². The van der Waals surface area contributed by atoms with Gasteiger partial charge < -0.3 is 9.47 Å². The van der Waals surface area contributed by atoms with Crippen molar-refractivity contribution in [1.82, 2.24) is 0 Å². The van der Waals surface area contributed by atoms with Gasteiger partial charge in [-0.1, -0.05) is 6.92 Å². The molecule has 1 saturated carbocycles. The van der Waals surface area contributed by atoms with Gasteiger partial charge in [-0.15, -0.1) is 0 Å². The van der Waals surface area contributed by atoms with Crippen LogP contribution in [0.4, 0.5) is 13.2 Å². The van der Waals surface area contributed by atoms with Gasteiger partial charge in [-0.3, -0.25) is 0 Å². The average molecular weight is 252 g/mol. The maximum Gasteiger partial charge on any atom is 0.391 e. The van der Waals surface area contributed by atoms with E-state index in [4.69, 9.17) is 9.47 Å². The van der Waals surface area contributed by atoms with Crippen LogP contribution in [0, 0.1) is 17.8 Å². The summed E-state index contributed by atoms with van der Waals surface area (Å²) in [6.45, 7) is 3.35. The molecule has 0 amide bonds. The standard InChI is InChI=1S/C12H19F3O2/c1-8-6-16-11(17-7-8)9-2-4-10(5-3-9)12(13,14)15/h8-11H,2-7H2,1H3. The minimum Gasteiger partial charge on any atom is -0.352 e. The molecule has 2 nitrogen and oxygen atoms in total. The number of hydrogen-bond acceptors (Lipinski definition) is 2. The first-order valence-electron chi connectivity index (χ1n) is 6.26. The molecule has 1 aliphatic carbocycles. The normalized spacial score (nSPS) is 40.2. The van der Waals surface area contributed by atoms with Crippen LogP contribution in [-0.4, -0.2) is 25.7 Å². The van der Waals surface area contributed by atoms with Gasteiger partial charge in [-0.2, -0.15) is 13.2 Å². The van der Waals surface area contributed by atoms with E-state index in [1.807, 2.05) is 6.92 Å². The smallest absolute Gasteiger partial charge is 0.352 e. The van der Waals surface area contributed by atoms with Gasteiger partial charge in [0.1, 0.15) is 0 Å². The Morgan fingerprint density at radius 1 is 0.941 bits per heavy atom. The van der Waals surface area contributed by atoms with Gasteiger partial charge >= 0.3 is 6.18 Å². The van der Waals surface area contributed by atoms with Crippen LogP contribution >= 0.6 is 0 Å². The van der Waals surface area contributed by atoms with Crippen molar-refractivity contribution in [2.45, 2.75) is 45.1 Å². The number of alkyl halides is 3. The van der Waals surface area contributed by atoms with Gasteiger partial charge in [0.15, 0.2) is 6.29 Å². The molecule has 0 atom stereocenters. The van der Waals surface area contributed by atoms with E-state index in [2.05, 4.69) is 0 Å². The van der Waals surface area contributed by atoms with E-state index in [0.717, 1.165) is 0 Å². The van der Waals surface area contributed by atoms with Crippen molar-refractivity contribution in [3.63, 3.8) is 0 Å². The lowest BCUT2D eigenvalue weighted by atomic mass is 9.81. The molecule has 0 unspecified atom stereocenters. The predicted molar refractivity (Wildman–Crippen MR) is 56.4 cm³/mol. The molecule has 1 heterocycles. The van der Waals surface area contributed by atoms with Crippen molar-refractivity contribution >= 4 is 0 Å². The summed E-state index contributed by atoms with van der Waals surface area (Å²) in [7, 11) is 0. The lowest BCUT2D eigenvalue weighted by molar-refractivity contribution is -0.235. The molecule has 2 fully saturated rings. The third-order valence-corrected chi connectivity index (χ3v) is 3.71. The molecule has 0 radical (unpaired) electrons. The molecular formula is C12H19F3O2. The van der Waals surface area contributed by atoms with E-state index in [0.29, 0.717) is 32.0 Å². The number of hydrogen-bond donors (Lipinski definition) is 0.